The smallest absolute Gasteiger partial charge is 0.306 e. The normalized spacial score (nSPS) is 22.0. The van der Waals surface area contributed by atoms with Crippen molar-refractivity contribution in [2.45, 2.75) is 32.1 Å². The van der Waals surface area contributed by atoms with Gasteiger partial charge in [-0.2, -0.15) is 0 Å². The summed E-state index contributed by atoms with van der Waals surface area (Å²) in [5.74, 6) is -0.0782. The third kappa shape index (κ3) is 4.05. The molecular formula is C21H22FN5O4. The Bertz CT molecular complexity index is 1140. The summed E-state index contributed by atoms with van der Waals surface area (Å²) in [6.45, 7) is 0. The summed E-state index contributed by atoms with van der Waals surface area (Å²) in [5, 5.41) is 20.4. The highest BCUT2D eigenvalue weighted by molar-refractivity contribution is 5.98. The Morgan fingerprint density at radius 3 is 2.58 bits per heavy atom. The number of nitro benzene ring substituents is 1. The number of H-pyrrole nitrogens is 1. The first-order valence-corrected chi connectivity index (χ1v) is 10.1. The molecule has 2 aromatic heterocycles. The van der Waals surface area contributed by atoms with Gasteiger partial charge in [0, 0.05) is 23.2 Å². The van der Waals surface area contributed by atoms with Crippen LogP contribution in [0.5, 0.6) is 0 Å². The average molecular weight is 427 g/mol. The number of hydrogen-bond acceptors (Lipinski definition) is 6. The quantitative estimate of drug-likeness (QED) is 0.420. The number of aromatic nitrogens is 3. The number of para-hydroxylation sites is 1. The number of halogens is 1. The number of nitrogens with two attached hydrogens (primary N) is 1. The number of anilines is 1. The van der Waals surface area contributed by atoms with E-state index >= 15 is 0 Å². The highest BCUT2D eigenvalue weighted by atomic mass is 19.1. The summed E-state index contributed by atoms with van der Waals surface area (Å²) in [6.07, 6.45) is 8.37. The van der Waals surface area contributed by atoms with E-state index in [1.807, 2.05) is 0 Å². The molecule has 10 heteroatoms. The van der Waals surface area contributed by atoms with Crippen LogP contribution in [0.25, 0.3) is 22.3 Å². The molecule has 3 aromatic rings. The molecule has 0 radical (unpaired) electrons. The Labute approximate surface area is 176 Å². The number of non-ortho nitro benzene ring substituents is 1. The molecule has 0 spiro atoms. The second-order valence-electron chi connectivity index (χ2n) is 8.05. The van der Waals surface area contributed by atoms with E-state index in [4.69, 9.17) is 10.8 Å². The monoisotopic (exact) mass is 427 g/mol. The van der Waals surface area contributed by atoms with Crippen molar-refractivity contribution in [2.75, 3.05) is 5.73 Å². The average Bonchev–Trinajstić information content (AvgIpc) is 3.21. The van der Waals surface area contributed by atoms with Gasteiger partial charge in [0.15, 0.2) is 17.5 Å². The molecule has 1 atom stereocenters. The zero-order valence-corrected chi connectivity index (χ0v) is 16.6. The van der Waals surface area contributed by atoms with Gasteiger partial charge in [-0.3, -0.25) is 14.9 Å². The maximum Gasteiger partial charge on any atom is 0.306 e. The number of nitrogen functional groups attached to an aromatic ring is 1. The Balaban J connectivity index is 0.000000177. The van der Waals surface area contributed by atoms with E-state index in [-0.39, 0.29) is 23.2 Å². The minimum Gasteiger partial charge on any atom is -0.481 e. The van der Waals surface area contributed by atoms with E-state index in [0.29, 0.717) is 22.4 Å². The molecule has 4 N–H and O–H groups in total. The molecule has 3 saturated carbocycles. The number of nitro groups is 1. The van der Waals surface area contributed by atoms with Crippen LogP contribution in [-0.4, -0.2) is 31.0 Å². The summed E-state index contributed by atoms with van der Waals surface area (Å²) in [6, 6.07) is 4.64. The molecule has 2 bridgehead atoms. The first-order chi connectivity index (χ1) is 14.8. The van der Waals surface area contributed by atoms with Crippen molar-refractivity contribution in [1.29, 1.82) is 0 Å². The largest absolute Gasteiger partial charge is 0.481 e. The molecule has 2 heterocycles. The molecule has 3 aliphatic carbocycles. The summed E-state index contributed by atoms with van der Waals surface area (Å²) in [7, 11) is 0. The van der Waals surface area contributed by atoms with Crippen LogP contribution in [0.4, 0.5) is 15.9 Å². The third-order valence-electron chi connectivity index (χ3n) is 6.27. The summed E-state index contributed by atoms with van der Waals surface area (Å²) in [5.41, 5.74) is 6.24. The van der Waals surface area contributed by atoms with E-state index in [1.54, 1.807) is 12.1 Å². The Morgan fingerprint density at radius 2 is 2.03 bits per heavy atom. The fourth-order valence-corrected chi connectivity index (χ4v) is 4.67. The highest BCUT2D eigenvalue weighted by Gasteiger charge is 2.39. The molecule has 0 saturated heterocycles. The molecule has 1 unspecified atom stereocenters. The van der Waals surface area contributed by atoms with Gasteiger partial charge >= 0.3 is 5.97 Å². The van der Waals surface area contributed by atoms with E-state index in [2.05, 4.69) is 15.0 Å². The molecule has 162 valence electrons. The Kier molecular flexibility index (Phi) is 5.53. The highest BCUT2D eigenvalue weighted by Crippen LogP contribution is 2.44. The number of carbonyl (C=O) groups is 1. The lowest BCUT2D eigenvalue weighted by molar-refractivity contribution is -0.383. The van der Waals surface area contributed by atoms with Gasteiger partial charge in [-0.1, -0.05) is 25.0 Å². The van der Waals surface area contributed by atoms with Crippen LogP contribution in [0.3, 0.4) is 0 Å². The van der Waals surface area contributed by atoms with Crippen molar-refractivity contribution in [3.8, 4) is 11.4 Å². The van der Waals surface area contributed by atoms with Crippen LogP contribution >= 0.6 is 0 Å². The van der Waals surface area contributed by atoms with Crippen LogP contribution in [0.2, 0.25) is 0 Å². The minimum absolute atomic E-state index is 0.00231. The fourth-order valence-electron chi connectivity index (χ4n) is 4.67. The first kappa shape index (κ1) is 20.7. The number of rotatable bonds is 3. The Morgan fingerprint density at radius 1 is 1.29 bits per heavy atom. The number of hydrogen-bond donors (Lipinski definition) is 3. The number of nitrogens with one attached hydrogen (secondary N) is 1. The Hall–Kier alpha value is -3.56. The van der Waals surface area contributed by atoms with E-state index in [1.165, 1.54) is 37.9 Å². The summed E-state index contributed by atoms with van der Waals surface area (Å²) >= 11 is 0. The summed E-state index contributed by atoms with van der Waals surface area (Å²) < 4.78 is 13.1. The number of aromatic amines is 1. The molecule has 0 amide bonds. The van der Waals surface area contributed by atoms with Gasteiger partial charge in [0.1, 0.15) is 5.52 Å². The lowest BCUT2D eigenvalue weighted by Crippen LogP contribution is -2.35. The lowest BCUT2D eigenvalue weighted by atomic mass is 9.65. The van der Waals surface area contributed by atoms with Gasteiger partial charge < -0.3 is 15.8 Å². The number of nitrogens with zero attached hydrogens (tertiary/aromatic N) is 3. The van der Waals surface area contributed by atoms with Gasteiger partial charge in [-0.05, 0) is 31.1 Å². The van der Waals surface area contributed by atoms with Gasteiger partial charge in [0.2, 0.25) is 0 Å². The van der Waals surface area contributed by atoms with E-state index in [9.17, 15) is 19.3 Å². The molecule has 31 heavy (non-hydrogen) atoms. The molecule has 0 aliphatic heterocycles. The van der Waals surface area contributed by atoms with Crippen molar-refractivity contribution >= 4 is 28.4 Å². The maximum atomic E-state index is 13.1. The van der Waals surface area contributed by atoms with Crippen LogP contribution in [0, 0.1) is 33.7 Å². The van der Waals surface area contributed by atoms with Crippen LogP contribution < -0.4 is 5.73 Å². The van der Waals surface area contributed by atoms with Gasteiger partial charge in [0.25, 0.3) is 5.69 Å². The number of fused-ring (bicyclic) bond motifs is 4. The van der Waals surface area contributed by atoms with Crippen molar-refractivity contribution < 1.29 is 19.2 Å². The van der Waals surface area contributed by atoms with Crippen molar-refractivity contribution in [1.82, 2.24) is 15.0 Å². The molecule has 3 fully saturated rings. The van der Waals surface area contributed by atoms with Crippen molar-refractivity contribution in [3.05, 3.63) is 46.5 Å². The predicted octanol–water partition coefficient (Wildman–Crippen LogP) is 4.15. The van der Waals surface area contributed by atoms with E-state index in [0.717, 1.165) is 18.5 Å². The third-order valence-corrected chi connectivity index (χ3v) is 6.27. The number of carboxylic acids is 1. The second-order valence-corrected chi connectivity index (χ2v) is 8.05. The molecular weight excluding hydrogens is 405 g/mol. The van der Waals surface area contributed by atoms with Gasteiger partial charge in [0.05, 0.1) is 17.0 Å². The zero-order valence-electron chi connectivity index (χ0n) is 16.6. The SMILES string of the molecule is Nc1nc(-c2c[nH]c3c([N+](=O)[O-])cccc23)ncc1F.O=C(O)C1CC2CCC1CC2. The summed E-state index contributed by atoms with van der Waals surface area (Å²) in [4.78, 5) is 31.7. The number of benzene rings is 1. The minimum atomic E-state index is -0.709. The van der Waals surface area contributed by atoms with E-state index < -0.39 is 16.7 Å². The second kappa shape index (κ2) is 8.29. The van der Waals surface area contributed by atoms with Crippen LogP contribution in [-0.2, 0) is 4.79 Å². The lowest BCUT2D eigenvalue weighted by Gasteiger charge is -2.40. The zero-order chi connectivity index (χ0) is 22.1. The number of carboxylic acid groups (broad SMARTS) is 1. The van der Waals surface area contributed by atoms with Crippen LogP contribution in [0.1, 0.15) is 32.1 Å². The predicted molar refractivity (Wildman–Crippen MR) is 112 cm³/mol. The molecule has 6 rings (SSSR count). The molecule has 9 nitrogen and oxygen atoms in total. The molecule has 1 aromatic carbocycles. The molecule has 3 aliphatic rings. The van der Waals surface area contributed by atoms with Crippen molar-refractivity contribution in [3.63, 3.8) is 0 Å². The topological polar surface area (TPSA) is 148 Å². The maximum absolute atomic E-state index is 13.1. The van der Waals surface area contributed by atoms with Gasteiger partial charge in [-0.25, -0.2) is 14.4 Å². The number of aliphatic carboxylic acids is 1. The van der Waals surface area contributed by atoms with Gasteiger partial charge in [-0.15, -0.1) is 0 Å². The van der Waals surface area contributed by atoms with Crippen molar-refractivity contribution in [2.24, 2.45) is 17.8 Å². The van der Waals surface area contributed by atoms with Crippen LogP contribution in [0.15, 0.2) is 30.6 Å². The first-order valence-electron chi connectivity index (χ1n) is 10.1. The standard InChI is InChI=1S/C12H8FN5O2.C9H14O2/c13-8-5-16-12(17-11(8)14)7-4-15-10-6(7)2-1-3-9(10)18(19)20;10-9(11)8-5-6-1-3-7(8)4-2-6/h1-5,15H,(H2,14,16,17);6-8H,1-5H2,(H,10,11). The fraction of sp³-hybridized carbons (Fsp3) is 0.381.